The summed E-state index contributed by atoms with van der Waals surface area (Å²) < 4.78 is 7.63. The van der Waals surface area contributed by atoms with Crippen molar-refractivity contribution >= 4 is 34.0 Å². The van der Waals surface area contributed by atoms with Crippen LogP contribution in [0.5, 0.6) is 5.75 Å². The van der Waals surface area contributed by atoms with E-state index in [4.69, 9.17) is 16.3 Å². The predicted octanol–water partition coefficient (Wildman–Crippen LogP) is 5.26. The summed E-state index contributed by atoms with van der Waals surface area (Å²) in [5.74, 6) is 1.29. The number of aryl methyl sites for hydroxylation is 2. The molecule has 0 aliphatic heterocycles. The lowest BCUT2D eigenvalue weighted by molar-refractivity contribution is 0.102. The number of benzene rings is 2. The van der Waals surface area contributed by atoms with Crippen molar-refractivity contribution in [3.8, 4) is 5.75 Å². The highest BCUT2D eigenvalue weighted by molar-refractivity contribution is 7.15. The lowest BCUT2D eigenvalue weighted by atomic mass is 10.1. The van der Waals surface area contributed by atoms with Crippen LogP contribution in [0.25, 0.3) is 0 Å². The predicted molar refractivity (Wildman–Crippen MR) is 123 cm³/mol. The summed E-state index contributed by atoms with van der Waals surface area (Å²) in [6.45, 7) is 2.34. The Morgan fingerprint density at radius 3 is 2.71 bits per heavy atom. The van der Waals surface area contributed by atoms with E-state index in [9.17, 15) is 4.79 Å². The van der Waals surface area contributed by atoms with Crippen molar-refractivity contribution in [2.24, 2.45) is 7.05 Å². The Bertz CT molecular complexity index is 1200. The first-order valence-corrected chi connectivity index (χ1v) is 10.9. The van der Waals surface area contributed by atoms with Crippen molar-refractivity contribution in [3.05, 3.63) is 93.5 Å². The fourth-order valence-electron chi connectivity index (χ4n) is 2.95. The van der Waals surface area contributed by atoms with Crippen LogP contribution >= 0.6 is 22.9 Å². The van der Waals surface area contributed by atoms with Crippen LogP contribution in [0.4, 0.5) is 5.13 Å². The molecule has 0 fully saturated rings. The van der Waals surface area contributed by atoms with E-state index in [1.54, 1.807) is 36.7 Å². The van der Waals surface area contributed by atoms with E-state index in [-0.39, 0.29) is 5.91 Å². The Morgan fingerprint density at radius 1 is 1.19 bits per heavy atom. The molecule has 4 aromatic rings. The quantitative estimate of drug-likeness (QED) is 0.415. The van der Waals surface area contributed by atoms with Gasteiger partial charge in [-0.1, -0.05) is 23.7 Å². The lowest BCUT2D eigenvalue weighted by Gasteiger charge is -2.07. The van der Waals surface area contributed by atoms with Crippen LogP contribution in [-0.2, 0) is 20.1 Å². The van der Waals surface area contributed by atoms with Gasteiger partial charge in [0.15, 0.2) is 5.13 Å². The minimum Gasteiger partial charge on any atom is -0.486 e. The number of nitrogens with zero attached hydrogens (tertiary/aromatic N) is 3. The number of anilines is 1. The van der Waals surface area contributed by atoms with E-state index in [1.807, 2.05) is 36.9 Å². The van der Waals surface area contributed by atoms with Crippen LogP contribution in [0.15, 0.2) is 61.1 Å². The molecule has 0 radical (unpaired) electrons. The van der Waals surface area contributed by atoms with Crippen LogP contribution in [0.3, 0.4) is 0 Å². The Balaban J connectivity index is 1.34. The third-order valence-corrected chi connectivity index (χ3v) is 6.11. The standard InChI is InChI=1S/C23H21ClN4O2S/c1-15-3-4-16(12-20(15)24)11-19-13-26-23(31-19)27-22(29)17-5-7-18(8-6-17)30-14-21-25-9-10-28(21)2/h3-10,12-13H,11,14H2,1-2H3,(H,26,27,29). The lowest BCUT2D eigenvalue weighted by Crippen LogP contribution is -2.11. The maximum atomic E-state index is 12.5. The number of thiazole rings is 1. The first-order valence-electron chi connectivity index (χ1n) is 9.68. The summed E-state index contributed by atoms with van der Waals surface area (Å²) in [6, 6.07) is 13.0. The number of halogens is 1. The molecular weight excluding hydrogens is 432 g/mol. The third-order valence-electron chi connectivity index (χ3n) is 4.79. The number of rotatable bonds is 7. The van der Waals surface area contributed by atoms with Gasteiger partial charge in [-0.3, -0.25) is 10.1 Å². The molecule has 1 amide bonds. The van der Waals surface area contributed by atoms with Gasteiger partial charge < -0.3 is 9.30 Å². The number of hydrogen-bond donors (Lipinski definition) is 1. The monoisotopic (exact) mass is 452 g/mol. The number of ether oxygens (including phenoxy) is 1. The summed E-state index contributed by atoms with van der Waals surface area (Å²) in [6.07, 6.45) is 6.09. The fourth-order valence-corrected chi connectivity index (χ4v) is 3.99. The first kappa shape index (κ1) is 21.1. The third kappa shape index (κ3) is 5.31. The Morgan fingerprint density at radius 2 is 2.00 bits per heavy atom. The smallest absolute Gasteiger partial charge is 0.257 e. The van der Waals surface area contributed by atoms with Gasteiger partial charge in [-0.15, -0.1) is 11.3 Å². The molecule has 0 atom stereocenters. The molecular formula is C23H21ClN4O2S. The Hall–Kier alpha value is -3.16. The summed E-state index contributed by atoms with van der Waals surface area (Å²) in [5, 5.41) is 4.17. The van der Waals surface area contributed by atoms with Crippen molar-refractivity contribution < 1.29 is 9.53 Å². The maximum Gasteiger partial charge on any atom is 0.257 e. The summed E-state index contributed by atoms with van der Waals surface area (Å²) >= 11 is 7.66. The molecule has 1 N–H and O–H groups in total. The fraction of sp³-hybridized carbons (Fsp3) is 0.174. The largest absolute Gasteiger partial charge is 0.486 e. The van der Waals surface area contributed by atoms with Gasteiger partial charge in [-0.05, 0) is 48.4 Å². The number of imidazole rings is 1. The second-order valence-corrected chi connectivity index (χ2v) is 8.64. The van der Waals surface area contributed by atoms with E-state index >= 15 is 0 Å². The second-order valence-electron chi connectivity index (χ2n) is 7.11. The number of amides is 1. The average molecular weight is 453 g/mol. The van der Waals surface area contributed by atoms with E-state index < -0.39 is 0 Å². The van der Waals surface area contributed by atoms with Gasteiger partial charge in [0.1, 0.15) is 18.2 Å². The van der Waals surface area contributed by atoms with Crippen LogP contribution in [0, 0.1) is 6.92 Å². The molecule has 0 spiro atoms. The topological polar surface area (TPSA) is 69.0 Å². The number of hydrogen-bond acceptors (Lipinski definition) is 5. The molecule has 0 aliphatic carbocycles. The molecule has 0 saturated carbocycles. The summed E-state index contributed by atoms with van der Waals surface area (Å²) in [7, 11) is 1.92. The van der Waals surface area contributed by atoms with Crippen molar-refractivity contribution in [2.45, 2.75) is 20.0 Å². The molecule has 0 saturated heterocycles. The van der Waals surface area contributed by atoms with Crippen LogP contribution in [0.1, 0.15) is 32.2 Å². The highest BCUT2D eigenvalue weighted by Crippen LogP contribution is 2.24. The van der Waals surface area contributed by atoms with Gasteiger partial charge in [0.05, 0.1) is 0 Å². The molecule has 2 aromatic heterocycles. The van der Waals surface area contributed by atoms with Gasteiger partial charge >= 0.3 is 0 Å². The molecule has 4 rings (SSSR count). The molecule has 0 unspecified atom stereocenters. The molecule has 158 valence electrons. The van der Waals surface area contributed by atoms with Gasteiger partial charge in [0.25, 0.3) is 5.91 Å². The SMILES string of the molecule is Cc1ccc(Cc2cnc(NC(=O)c3ccc(OCc4nccn4C)cc3)s2)cc1Cl. The molecule has 2 aromatic carbocycles. The zero-order chi connectivity index (χ0) is 21.8. The van der Waals surface area contributed by atoms with E-state index in [0.717, 1.165) is 33.3 Å². The Kier molecular flexibility index (Phi) is 6.34. The summed E-state index contributed by atoms with van der Waals surface area (Å²) in [5.41, 5.74) is 2.69. The van der Waals surface area contributed by atoms with Crippen LogP contribution in [-0.4, -0.2) is 20.4 Å². The zero-order valence-electron chi connectivity index (χ0n) is 17.1. The van der Waals surface area contributed by atoms with Gasteiger partial charge in [-0.2, -0.15) is 0 Å². The molecule has 2 heterocycles. The normalized spacial score (nSPS) is 10.8. The molecule has 31 heavy (non-hydrogen) atoms. The van der Waals surface area contributed by atoms with E-state index in [2.05, 4.69) is 21.4 Å². The maximum absolute atomic E-state index is 12.5. The average Bonchev–Trinajstić information content (AvgIpc) is 3.38. The number of nitrogens with one attached hydrogen (secondary N) is 1. The molecule has 8 heteroatoms. The number of carbonyl (C=O) groups excluding carboxylic acids is 1. The number of aromatic nitrogens is 3. The van der Waals surface area contributed by atoms with Crippen LogP contribution in [0.2, 0.25) is 5.02 Å². The van der Waals surface area contributed by atoms with Crippen molar-refractivity contribution in [2.75, 3.05) is 5.32 Å². The van der Waals surface area contributed by atoms with Gasteiger partial charge in [0.2, 0.25) is 0 Å². The van der Waals surface area contributed by atoms with Crippen molar-refractivity contribution in [1.82, 2.24) is 14.5 Å². The molecule has 0 aliphatic rings. The minimum atomic E-state index is -0.213. The van der Waals surface area contributed by atoms with Gasteiger partial charge in [0, 0.05) is 47.5 Å². The second kappa shape index (κ2) is 9.32. The van der Waals surface area contributed by atoms with Crippen molar-refractivity contribution in [1.29, 1.82) is 0 Å². The van der Waals surface area contributed by atoms with Gasteiger partial charge in [-0.25, -0.2) is 9.97 Å². The minimum absolute atomic E-state index is 0.213. The highest BCUT2D eigenvalue weighted by atomic mass is 35.5. The molecule has 0 bridgehead atoms. The Labute approximate surface area is 189 Å². The van der Waals surface area contributed by atoms with E-state index in [0.29, 0.717) is 23.1 Å². The van der Waals surface area contributed by atoms with Crippen molar-refractivity contribution in [3.63, 3.8) is 0 Å². The molecule has 6 nitrogen and oxygen atoms in total. The zero-order valence-corrected chi connectivity index (χ0v) is 18.7. The summed E-state index contributed by atoms with van der Waals surface area (Å²) in [4.78, 5) is 22.1. The first-order chi connectivity index (χ1) is 15.0. The highest BCUT2D eigenvalue weighted by Gasteiger charge is 2.11. The van der Waals surface area contributed by atoms with E-state index in [1.165, 1.54) is 11.3 Å². The van der Waals surface area contributed by atoms with Crippen LogP contribution < -0.4 is 10.1 Å². The number of carbonyl (C=O) groups is 1.